The van der Waals surface area contributed by atoms with Crippen molar-refractivity contribution in [1.82, 2.24) is 0 Å². The molecule has 0 aromatic heterocycles. The fourth-order valence-electron chi connectivity index (χ4n) is 1.24. The van der Waals surface area contributed by atoms with Gasteiger partial charge < -0.3 is 10.4 Å². The highest BCUT2D eigenvalue weighted by Crippen LogP contribution is 2.30. The van der Waals surface area contributed by atoms with Crippen molar-refractivity contribution >= 4 is 33.5 Å². The van der Waals surface area contributed by atoms with Crippen molar-refractivity contribution in [1.29, 1.82) is 0 Å². The standard InChI is InChI=1S/C10H7BrF3NO3/c1-4-2-3-5(11)6(8(16)17)7(4)15-9(18)10(12,13)14/h2-3H,1H3,(H,15,18)(H,16,17). The fourth-order valence-corrected chi connectivity index (χ4v) is 1.74. The third kappa shape index (κ3) is 3.00. The number of carbonyl (C=O) groups excluding carboxylic acids is 1. The third-order valence-corrected chi connectivity index (χ3v) is 2.73. The molecular weight excluding hydrogens is 319 g/mol. The topological polar surface area (TPSA) is 66.4 Å². The van der Waals surface area contributed by atoms with Gasteiger partial charge in [-0.1, -0.05) is 6.07 Å². The number of rotatable bonds is 2. The molecular formula is C10H7BrF3NO3. The zero-order chi connectivity index (χ0) is 14.1. The van der Waals surface area contributed by atoms with Gasteiger partial charge in [0.2, 0.25) is 0 Å². The number of hydrogen-bond donors (Lipinski definition) is 2. The molecule has 1 rings (SSSR count). The average molecular weight is 326 g/mol. The van der Waals surface area contributed by atoms with E-state index in [0.29, 0.717) is 0 Å². The van der Waals surface area contributed by atoms with E-state index in [1.165, 1.54) is 19.1 Å². The van der Waals surface area contributed by atoms with E-state index in [1.807, 2.05) is 0 Å². The molecule has 0 saturated carbocycles. The van der Waals surface area contributed by atoms with Crippen LogP contribution in [-0.4, -0.2) is 23.2 Å². The van der Waals surface area contributed by atoms with Crippen LogP contribution in [0.1, 0.15) is 15.9 Å². The van der Waals surface area contributed by atoms with Gasteiger partial charge in [-0.05, 0) is 34.5 Å². The summed E-state index contributed by atoms with van der Waals surface area (Å²) in [6.45, 7) is 1.39. The number of carbonyl (C=O) groups is 2. The second kappa shape index (κ2) is 4.97. The number of nitrogens with one attached hydrogen (secondary N) is 1. The highest BCUT2D eigenvalue weighted by Gasteiger charge is 2.39. The van der Waals surface area contributed by atoms with E-state index in [1.54, 1.807) is 5.32 Å². The first-order valence-corrected chi connectivity index (χ1v) is 5.34. The Kier molecular flexibility index (Phi) is 4.00. The SMILES string of the molecule is Cc1ccc(Br)c(C(=O)O)c1NC(=O)C(F)(F)F. The Bertz CT molecular complexity index is 514. The maximum atomic E-state index is 12.1. The highest BCUT2D eigenvalue weighted by atomic mass is 79.9. The van der Waals surface area contributed by atoms with Crippen molar-refractivity contribution in [3.8, 4) is 0 Å². The van der Waals surface area contributed by atoms with Crippen LogP contribution in [0.25, 0.3) is 0 Å². The van der Waals surface area contributed by atoms with Gasteiger partial charge >= 0.3 is 18.1 Å². The Labute approximate surface area is 108 Å². The lowest BCUT2D eigenvalue weighted by Crippen LogP contribution is -2.31. The first-order chi connectivity index (χ1) is 8.14. The van der Waals surface area contributed by atoms with Crippen LogP contribution in [0.4, 0.5) is 18.9 Å². The molecule has 0 atom stereocenters. The lowest BCUT2D eigenvalue weighted by atomic mass is 10.1. The van der Waals surface area contributed by atoms with Crippen molar-refractivity contribution in [2.75, 3.05) is 5.32 Å². The van der Waals surface area contributed by atoms with Crippen LogP contribution in [0.2, 0.25) is 0 Å². The van der Waals surface area contributed by atoms with E-state index in [-0.39, 0.29) is 15.7 Å². The number of halogens is 4. The second-order valence-corrected chi connectivity index (χ2v) is 4.23. The predicted molar refractivity (Wildman–Crippen MR) is 60.5 cm³/mol. The van der Waals surface area contributed by atoms with E-state index >= 15 is 0 Å². The monoisotopic (exact) mass is 325 g/mol. The second-order valence-electron chi connectivity index (χ2n) is 3.37. The average Bonchev–Trinajstić information content (AvgIpc) is 2.21. The summed E-state index contributed by atoms with van der Waals surface area (Å²) in [6, 6.07) is 2.77. The summed E-state index contributed by atoms with van der Waals surface area (Å²) in [6.07, 6.45) is -5.08. The van der Waals surface area contributed by atoms with Crippen LogP contribution in [-0.2, 0) is 4.79 Å². The van der Waals surface area contributed by atoms with Crippen LogP contribution >= 0.6 is 15.9 Å². The Morgan fingerprint density at radius 3 is 2.33 bits per heavy atom. The molecule has 0 aliphatic carbocycles. The molecule has 98 valence electrons. The molecule has 0 bridgehead atoms. The Hall–Kier alpha value is -1.57. The Balaban J connectivity index is 3.28. The molecule has 0 fully saturated rings. The van der Waals surface area contributed by atoms with E-state index in [4.69, 9.17) is 5.11 Å². The molecule has 1 amide bonds. The molecule has 0 unspecified atom stereocenters. The number of hydrogen-bond acceptors (Lipinski definition) is 2. The van der Waals surface area contributed by atoms with Crippen LogP contribution < -0.4 is 5.32 Å². The number of alkyl halides is 3. The zero-order valence-electron chi connectivity index (χ0n) is 8.93. The summed E-state index contributed by atoms with van der Waals surface area (Å²) in [7, 11) is 0. The third-order valence-electron chi connectivity index (χ3n) is 2.07. The van der Waals surface area contributed by atoms with Gasteiger partial charge in [-0.15, -0.1) is 0 Å². The summed E-state index contributed by atoms with van der Waals surface area (Å²) in [4.78, 5) is 21.8. The zero-order valence-corrected chi connectivity index (χ0v) is 10.5. The molecule has 0 aliphatic heterocycles. The highest BCUT2D eigenvalue weighted by molar-refractivity contribution is 9.10. The molecule has 2 N–H and O–H groups in total. The summed E-state index contributed by atoms with van der Waals surface area (Å²) < 4.78 is 36.5. The van der Waals surface area contributed by atoms with Gasteiger partial charge in [0.05, 0.1) is 11.3 Å². The van der Waals surface area contributed by atoms with E-state index < -0.39 is 23.6 Å². The lowest BCUT2D eigenvalue weighted by molar-refractivity contribution is -0.167. The maximum Gasteiger partial charge on any atom is 0.471 e. The van der Waals surface area contributed by atoms with E-state index in [0.717, 1.165) is 0 Å². The van der Waals surface area contributed by atoms with Crippen LogP contribution in [0, 0.1) is 6.92 Å². The van der Waals surface area contributed by atoms with Crippen molar-refractivity contribution < 1.29 is 27.9 Å². The molecule has 0 radical (unpaired) electrons. The Morgan fingerprint density at radius 2 is 1.89 bits per heavy atom. The number of aryl methyl sites for hydroxylation is 1. The quantitative estimate of drug-likeness (QED) is 0.878. The molecule has 8 heteroatoms. The van der Waals surface area contributed by atoms with Gasteiger partial charge in [0.1, 0.15) is 0 Å². The fraction of sp³-hybridized carbons (Fsp3) is 0.200. The minimum absolute atomic E-state index is 0.0816. The van der Waals surface area contributed by atoms with Crippen LogP contribution in [0.3, 0.4) is 0 Å². The first-order valence-electron chi connectivity index (χ1n) is 4.55. The largest absolute Gasteiger partial charge is 0.478 e. The molecule has 18 heavy (non-hydrogen) atoms. The van der Waals surface area contributed by atoms with Gasteiger partial charge in [-0.25, -0.2) is 4.79 Å². The van der Waals surface area contributed by atoms with Crippen molar-refractivity contribution in [3.63, 3.8) is 0 Å². The smallest absolute Gasteiger partial charge is 0.471 e. The molecule has 1 aromatic carbocycles. The summed E-state index contributed by atoms with van der Waals surface area (Å²) in [5.74, 6) is -3.66. The summed E-state index contributed by atoms with van der Waals surface area (Å²) in [5, 5.41) is 10.5. The van der Waals surface area contributed by atoms with E-state index in [2.05, 4.69) is 15.9 Å². The molecule has 4 nitrogen and oxygen atoms in total. The molecule has 1 aromatic rings. The molecule has 0 saturated heterocycles. The first kappa shape index (κ1) is 14.5. The normalized spacial score (nSPS) is 11.2. The van der Waals surface area contributed by atoms with Gasteiger partial charge in [0, 0.05) is 4.47 Å². The van der Waals surface area contributed by atoms with E-state index in [9.17, 15) is 22.8 Å². The van der Waals surface area contributed by atoms with Gasteiger partial charge in [0.25, 0.3) is 0 Å². The lowest BCUT2D eigenvalue weighted by Gasteiger charge is -2.14. The molecule has 0 spiro atoms. The summed E-state index contributed by atoms with van der Waals surface area (Å²) >= 11 is 2.91. The number of aromatic carboxylic acids is 1. The van der Waals surface area contributed by atoms with Crippen LogP contribution in [0.5, 0.6) is 0 Å². The van der Waals surface area contributed by atoms with Crippen molar-refractivity contribution in [2.24, 2.45) is 0 Å². The van der Waals surface area contributed by atoms with Crippen LogP contribution in [0.15, 0.2) is 16.6 Å². The summed E-state index contributed by atoms with van der Waals surface area (Å²) in [5.41, 5.74) is -0.583. The van der Waals surface area contributed by atoms with Gasteiger partial charge in [0.15, 0.2) is 0 Å². The Morgan fingerprint density at radius 1 is 1.33 bits per heavy atom. The molecule has 0 heterocycles. The number of benzene rings is 1. The van der Waals surface area contributed by atoms with Gasteiger partial charge in [-0.3, -0.25) is 4.79 Å². The minimum atomic E-state index is -5.08. The van der Waals surface area contributed by atoms with Gasteiger partial charge in [-0.2, -0.15) is 13.2 Å². The number of carboxylic acids is 1. The van der Waals surface area contributed by atoms with Crippen molar-refractivity contribution in [2.45, 2.75) is 13.1 Å². The number of anilines is 1. The number of carboxylic acid groups (broad SMARTS) is 1. The predicted octanol–water partition coefficient (Wildman–Crippen LogP) is 2.96. The number of amides is 1. The minimum Gasteiger partial charge on any atom is -0.478 e. The van der Waals surface area contributed by atoms with Crippen molar-refractivity contribution in [3.05, 3.63) is 27.7 Å². The molecule has 0 aliphatic rings. The maximum absolute atomic E-state index is 12.1.